The predicted molar refractivity (Wildman–Crippen MR) is 83.0 cm³/mol. The summed E-state index contributed by atoms with van der Waals surface area (Å²) in [7, 11) is 1.91. The molecule has 0 aliphatic heterocycles. The van der Waals surface area contributed by atoms with Gasteiger partial charge in [0.1, 0.15) is 5.82 Å². The summed E-state index contributed by atoms with van der Waals surface area (Å²) in [6.45, 7) is 2.86. The molecule has 1 atom stereocenters. The number of likely N-dealkylation sites (N-methyl/N-ethyl adjacent to an activating group) is 1. The van der Waals surface area contributed by atoms with Crippen LogP contribution < -0.4 is 5.32 Å². The molecule has 0 heterocycles. The van der Waals surface area contributed by atoms with Crippen LogP contribution in [0.3, 0.4) is 0 Å². The SMILES string of the molecule is CNCC(Cc1cc(Cl)ccc1F)c1ccc(C)cc1. The van der Waals surface area contributed by atoms with Gasteiger partial charge in [0.25, 0.3) is 0 Å². The summed E-state index contributed by atoms with van der Waals surface area (Å²) < 4.78 is 13.9. The zero-order valence-electron chi connectivity index (χ0n) is 11.8. The maximum Gasteiger partial charge on any atom is 0.126 e. The van der Waals surface area contributed by atoms with Crippen molar-refractivity contribution >= 4 is 11.6 Å². The molecule has 3 heteroatoms. The molecule has 0 aromatic heterocycles. The maximum atomic E-state index is 13.9. The number of benzene rings is 2. The second-order valence-electron chi connectivity index (χ2n) is 5.11. The lowest BCUT2D eigenvalue weighted by atomic mass is 9.91. The summed E-state index contributed by atoms with van der Waals surface area (Å²) in [6.07, 6.45) is 0.635. The Kier molecular flexibility index (Phi) is 5.16. The number of nitrogens with one attached hydrogen (secondary N) is 1. The van der Waals surface area contributed by atoms with E-state index in [1.807, 2.05) is 7.05 Å². The van der Waals surface area contributed by atoms with Gasteiger partial charge in [0.05, 0.1) is 0 Å². The average Bonchev–Trinajstić information content (AvgIpc) is 2.43. The third-order valence-electron chi connectivity index (χ3n) is 3.47. The zero-order chi connectivity index (χ0) is 14.5. The van der Waals surface area contributed by atoms with E-state index in [2.05, 4.69) is 36.5 Å². The van der Waals surface area contributed by atoms with Crippen LogP contribution in [0.4, 0.5) is 4.39 Å². The maximum absolute atomic E-state index is 13.9. The van der Waals surface area contributed by atoms with E-state index >= 15 is 0 Å². The summed E-state index contributed by atoms with van der Waals surface area (Å²) in [5.41, 5.74) is 3.11. The molecule has 1 nitrogen and oxygen atoms in total. The van der Waals surface area contributed by atoms with Crippen molar-refractivity contribution in [3.8, 4) is 0 Å². The number of hydrogen-bond donors (Lipinski definition) is 1. The quantitative estimate of drug-likeness (QED) is 0.864. The van der Waals surface area contributed by atoms with E-state index in [1.165, 1.54) is 17.2 Å². The number of rotatable bonds is 5. The minimum absolute atomic E-state index is 0.192. The van der Waals surface area contributed by atoms with Crippen molar-refractivity contribution in [1.82, 2.24) is 5.32 Å². The second-order valence-corrected chi connectivity index (χ2v) is 5.54. The van der Waals surface area contributed by atoms with Gasteiger partial charge in [-0.25, -0.2) is 4.39 Å². The molecule has 0 saturated heterocycles. The topological polar surface area (TPSA) is 12.0 Å². The highest BCUT2D eigenvalue weighted by molar-refractivity contribution is 6.30. The molecule has 2 aromatic carbocycles. The summed E-state index contributed by atoms with van der Waals surface area (Å²) in [5, 5.41) is 3.76. The smallest absolute Gasteiger partial charge is 0.126 e. The molecule has 0 aliphatic rings. The van der Waals surface area contributed by atoms with E-state index in [-0.39, 0.29) is 11.7 Å². The molecule has 0 fully saturated rings. The van der Waals surface area contributed by atoms with Crippen molar-refractivity contribution < 1.29 is 4.39 Å². The van der Waals surface area contributed by atoms with Gasteiger partial charge in [-0.2, -0.15) is 0 Å². The Bertz CT molecular complexity index is 566. The Hall–Kier alpha value is -1.38. The average molecular weight is 292 g/mol. The van der Waals surface area contributed by atoms with Crippen molar-refractivity contribution in [2.24, 2.45) is 0 Å². The van der Waals surface area contributed by atoms with Crippen LogP contribution in [0.1, 0.15) is 22.6 Å². The monoisotopic (exact) mass is 291 g/mol. The van der Waals surface area contributed by atoms with Crippen molar-refractivity contribution in [2.45, 2.75) is 19.3 Å². The first-order valence-corrected chi connectivity index (χ1v) is 7.13. The van der Waals surface area contributed by atoms with Crippen LogP contribution in [-0.4, -0.2) is 13.6 Å². The highest BCUT2D eigenvalue weighted by atomic mass is 35.5. The van der Waals surface area contributed by atoms with Gasteiger partial charge < -0.3 is 5.32 Å². The molecule has 0 radical (unpaired) electrons. The molecule has 1 N–H and O–H groups in total. The second kappa shape index (κ2) is 6.87. The zero-order valence-corrected chi connectivity index (χ0v) is 12.5. The highest BCUT2D eigenvalue weighted by Crippen LogP contribution is 2.24. The molecule has 0 bridgehead atoms. The minimum atomic E-state index is -0.192. The lowest BCUT2D eigenvalue weighted by Gasteiger charge is -2.18. The Labute approximate surface area is 124 Å². The molecular formula is C17H19ClFN. The fraction of sp³-hybridized carbons (Fsp3) is 0.294. The van der Waals surface area contributed by atoms with Gasteiger partial charge in [0.15, 0.2) is 0 Å². The van der Waals surface area contributed by atoms with Crippen LogP contribution in [0, 0.1) is 12.7 Å². The molecule has 0 amide bonds. The Balaban J connectivity index is 2.25. The van der Waals surface area contributed by atoms with Crippen LogP contribution in [0.25, 0.3) is 0 Å². The van der Waals surface area contributed by atoms with Gasteiger partial charge in [0, 0.05) is 17.5 Å². The van der Waals surface area contributed by atoms with Crippen molar-refractivity contribution in [2.75, 3.05) is 13.6 Å². The minimum Gasteiger partial charge on any atom is -0.319 e. The first kappa shape index (κ1) is 15.0. The molecular weight excluding hydrogens is 273 g/mol. The Morgan fingerprint density at radius 3 is 2.50 bits per heavy atom. The molecule has 2 rings (SSSR count). The van der Waals surface area contributed by atoms with Gasteiger partial charge in [-0.05, 0) is 49.7 Å². The summed E-state index contributed by atoms with van der Waals surface area (Å²) in [4.78, 5) is 0. The fourth-order valence-corrected chi connectivity index (χ4v) is 2.55. The van der Waals surface area contributed by atoms with Crippen LogP contribution in [-0.2, 0) is 6.42 Å². The molecule has 2 aromatic rings. The molecule has 0 aliphatic carbocycles. The Morgan fingerprint density at radius 2 is 1.85 bits per heavy atom. The lowest BCUT2D eigenvalue weighted by Crippen LogP contribution is -2.19. The summed E-state index contributed by atoms with van der Waals surface area (Å²) in [5.74, 6) is 0.0381. The van der Waals surface area contributed by atoms with Crippen LogP contribution in [0.5, 0.6) is 0 Å². The summed E-state index contributed by atoms with van der Waals surface area (Å²) >= 11 is 5.96. The van der Waals surface area contributed by atoms with Crippen LogP contribution >= 0.6 is 11.6 Å². The molecule has 106 valence electrons. The van der Waals surface area contributed by atoms with Crippen molar-refractivity contribution in [3.05, 3.63) is 70.0 Å². The first-order valence-electron chi connectivity index (χ1n) is 6.75. The van der Waals surface area contributed by atoms with E-state index in [1.54, 1.807) is 12.1 Å². The van der Waals surface area contributed by atoms with Gasteiger partial charge >= 0.3 is 0 Å². The van der Waals surface area contributed by atoms with E-state index in [0.29, 0.717) is 17.0 Å². The highest BCUT2D eigenvalue weighted by Gasteiger charge is 2.14. The normalized spacial score (nSPS) is 12.4. The van der Waals surface area contributed by atoms with Crippen LogP contribution in [0.2, 0.25) is 5.02 Å². The van der Waals surface area contributed by atoms with E-state index < -0.39 is 0 Å². The number of hydrogen-bond acceptors (Lipinski definition) is 1. The third kappa shape index (κ3) is 3.81. The van der Waals surface area contributed by atoms with Crippen molar-refractivity contribution in [3.63, 3.8) is 0 Å². The molecule has 1 unspecified atom stereocenters. The molecule has 20 heavy (non-hydrogen) atoms. The Morgan fingerprint density at radius 1 is 1.15 bits per heavy atom. The number of halogens is 2. The number of aryl methyl sites for hydroxylation is 1. The van der Waals surface area contributed by atoms with E-state index in [4.69, 9.17) is 11.6 Å². The summed E-state index contributed by atoms with van der Waals surface area (Å²) in [6, 6.07) is 13.1. The van der Waals surface area contributed by atoms with Gasteiger partial charge in [-0.1, -0.05) is 41.4 Å². The van der Waals surface area contributed by atoms with E-state index in [9.17, 15) is 4.39 Å². The van der Waals surface area contributed by atoms with Gasteiger partial charge in [0.2, 0.25) is 0 Å². The third-order valence-corrected chi connectivity index (χ3v) is 3.71. The van der Waals surface area contributed by atoms with Crippen LogP contribution in [0.15, 0.2) is 42.5 Å². The predicted octanol–water partition coefficient (Wildman–Crippen LogP) is 4.33. The first-order chi connectivity index (χ1) is 9.60. The van der Waals surface area contributed by atoms with E-state index in [0.717, 1.165) is 6.54 Å². The lowest BCUT2D eigenvalue weighted by molar-refractivity contribution is 0.574. The largest absolute Gasteiger partial charge is 0.319 e. The molecule has 0 saturated carbocycles. The fourth-order valence-electron chi connectivity index (χ4n) is 2.36. The molecule has 0 spiro atoms. The van der Waals surface area contributed by atoms with Gasteiger partial charge in [-0.3, -0.25) is 0 Å². The standard InChI is InChI=1S/C17H19ClFN/c1-12-3-5-13(6-4-12)15(11-20-2)9-14-10-16(18)7-8-17(14)19/h3-8,10,15,20H,9,11H2,1-2H3. The van der Waals surface area contributed by atoms with Gasteiger partial charge in [-0.15, -0.1) is 0 Å². The van der Waals surface area contributed by atoms with Crippen molar-refractivity contribution in [1.29, 1.82) is 0 Å².